The summed E-state index contributed by atoms with van der Waals surface area (Å²) in [5, 5.41) is 5.32. The molecule has 2 fully saturated rings. The van der Waals surface area contributed by atoms with Crippen LogP contribution in [0, 0.1) is 0 Å². The molecular weight excluding hydrogens is 394 g/mol. The molecule has 9 heteroatoms. The fourth-order valence-corrected chi connectivity index (χ4v) is 4.44. The van der Waals surface area contributed by atoms with Gasteiger partial charge in [-0.2, -0.15) is 0 Å². The lowest BCUT2D eigenvalue weighted by Gasteiger charge is -2.18. The van der Waals surface area contributed by atoms with Gasteiger partial charge in [-0.1, -0.05) is 0 Å². The van der Waals surface area contributed by atoms with Gasteiger partial charge in [-0.05, 0) is 35.7 Å². The largest absolute Gasteiger partial charge is 0.485 e. The summed E-state index contributed by atoms with van der Waals surface area (Å²) in [5.74, 6) is 1.16. The van der Waals surface area contributed by atoms with Crippen molar-refractivity contribution in [3.8, 4) is 5.75 Å². The van der Waals surface area contributed by atoms with Gasteiger partial charge in [0, 0.05) is 12.6 Å². The number of carbonyl (C=O) groups is 1. The van der Waals surface area contributed by atoms with Gasteiger partial charge in [0.05, 0.1) is 23.4 Å². The van der Waals surface area contributed by atoms with Crippen LogP contribution in [0.15, 0.2) is 42.0 Å². The highest BCUT2D eigenvalue weighted by Crippen LogP contribution is 2.32. The fourth-order valence-electron chi connectivity index (χ4n) is 3.65. The quantitative estimate of drug-likeness (QED) is 0.639. The van der Waals surface area contributed by atoms with E-state index in [1.807, 2.05) is 35.7 Å². The van der Waals surface area contributed by atoms with Gasteiger partial charge in [0.1, 0.15) is 24.3 Å². The van der Waals surface area contributed by atoms with E-state index in [1.54, 1.807) is 17.7 Å². The second-order valence-electron chi connectivity index (χ2n) is 6.91. The number of nitrogens with one attached hydrogen (secondary N) is 1. The highest BCUT2D eigenvalue weighted by atomic mass is 32.1. The third-order valence-corrected chi connectivity index (χ3v) is 5.84. The molecule has 2 aliphatic heterocycles. The maximum atomic E-state index is 11.2. The van der Waals surface area contributed by atoms with Crippen molar-refractivity contribution in [3.63, 3.8) is 0 Å². The molecule has 0 spiro atoms. The second-order valence-corrected chi connectivity index (χ2v) is 7.82. The lowest BCUT2D eigenvalue weighted by atomic mass is 10.1. The van der Waals surface area contributed by atoms with Gasteiger partial charge in [-0.3, -0.25) is 4.79 Å². The SMILES string of the molecule is CC(=O)O[C@H]1CO[C@@H]2C(Oc3ccc(Nc4ncnc5ccsc45)cc3)CO[C@H]12. The van der Waals surface area contributed by atoms with Crippen molar-refractivity contribution >= 4 is 39.0 Å². The zero-order valence-corrected chi connectivity index (χ0v) is 16.4. The minimum atomic E-state index is -0.375. The minimum absolute atomic E-state index is 0.244. The molecule has 0 radical (unpaired) electrons. The molecule has 2 saturated heterocycles. The summed E-state index contributed by atoms with van der Waals surface area (Å²) < 4.78 is 23.9. The van der Waals surface area contributed by atoms with Crippen LogP contribution in [0.3, 0.4) is 0 Å². The summed E-state index contributed by atoms with van der Waals surface area (Å²) >= 11 is 1.60. The molecule has 150 valence electrons. The predicted molar refractivity (Wildman–Crippen MR) is 107 cm³/mol. The van der Waals surface area contributed by atoms with E-state index >= 15 is 0 Å². The molecule has 2 aromatic heterocycles. The molecule has 29 heavy (non-hydrogen) atoms. The van der Waals surface area contributed by atoms with E-state index in [2.05, 4.69) is 15.3 Å². The number of ether oxygens (including phenoxy) is 4. The topological polar surface area (TPSA) is 91.8 Å². The molecule has 4 heterocycles. The predicted octanol–water partition coefficient (Wildman–Crippen LogP) is 2.91. The van der Waals surface area contributed by atoms with E-state index in [4.69, 9.17) is 18.9 Å². The van der Waals surface area contributed by atoms with Gasteiger partial charge in [0.2, 0.25) is 0 Å². The number of fused-ring (bicyclic) bond motifs is 2. The smallest absolute Gasteiger partial charge is 0.303 e. The Morgan fingerprint density at radius 1 is 1.10 bits per heavy atom. The van der Waals surface area contributed by atoms with E-state index in [0.717, 1.165) is 21.7 Å². The third kappa shape index (κ3) is 3.64. The zero-order chi connectivity index (χ0) is 19.8. The molecule has 8 nitrogen and oxygen atoms in total. The summed E-state index contributed by atoms with van der Waals surface area (Å²) in [6, 6.07) is 9.61. The van der Waals surface area contributed by atoms with Crippen LogP contribution in [-0.4, -0.2) is 53.6 Å². The highest BCUT2D eigenvalue weighted by Gasteiger charge is 2.50. The first-order chi connectivity index (χ1) is 14.2. The van der Waals surface area contributed by atoms with Crippen molar-refractivity contribution in [1.29, 1.82) is 0 Å². The van der Waals surface area contributed by atoms with E-state index in [0.29, 0.717) is 19.0 Å². The summed E-state index contributed by atoms with van der Waals surface area (Å²) in [4.78, 5) is 19.8. The first-order valence-corrected chi connectivity index (χ1v) is 10.2. The minimum Gasteiger partial charge on any atom is -0.485 e. The van der Waals surface area contributed by atoms with E-state index in [-0.39, 0.29) is 30.4 Å². The van der Waals surface area contributed by atoms with Crippen LogP contribution < -0.4 is 10.1 Å². The van der Waals surface area contributed by atoms with Crippen molar-refractivity contribution < 1.29 is 23.7 Å². The van der Waals surface area contributed by atoms with Crippen molar-refractivity contribution in [2.24, 2.45) is 0 Å². The van der Waals surface area contributed by atoms with Gasteiger partial charge in [-0.25, -0.2) is 9.97 Å². The van der Waals surface area contributed by atoms with Gasteiger partial charge in [0.25, 0.3) is 0 Å². The Hall–Kier alpha value is -2.75. The first kappa shape index (κ1) is 18.3. The Bertz CT molecular complexity index is 1020. The number of esters is 1. The number of thiophene rings is 1. The molecule has 4 atom stereocenters. The maximum absolute atomic E-state index is 11.2. The van der Waals surface area contributed by atoms with Crippen molar-refractivity contribution in [1.82, 2.24) is 9.97 Å². The van der Waals surface area contributed by atoms with Crippen molar-refractivity contribution in [2.75, 3.05) is 18.5 Å². The number of anilines is 2. The summed E-state index contributed by atoms with van der Waals surface area (Å²) in [6.07, 6.45) is 0.406. The number of hydrogen-bond acceptors (Lipinski definition) is 9. The van der Waals surface area contributed by atoms with Crippen LogP contribution in [0.1, 0.15) is 6.92 Å². The van der Waals surface area contributed by atoms with Crippen LogP contribution >= 0.6 is 11.3 Å². The molecular formula is C20H19N3O5S. The van der Waals surface area contributed by atoms with Crippen LogP contribution in [0.2, 0.25) is 0 Å². The van der Waals surface area contributed by atoms with Gasteiger partial charge in [0.15, 0.2) is 18.0 Å². The molecule has 0 aliphatic carbocycles. The van der Waals surface area contributed by atoms with E-state index < -0.39 is 0 Å². The zero-order valence-electron chi connectivity index (χ0n) is 15.6. The molecule has 1 unspecified atom stereocenters. The van der Waals surface area contributed by atoms with Gasteiger partial charge in [-0.15, -0.1) is 11.3 Å². The van der Waals surface area contributed by atoms with E-state index in [9.17, 15) is 4.79 Å². The molecule has 0 saturated carbocycles. The average Bonchev–Trinajstić information content (AvgIpc) is 3.42. The first-order valence-electron chi connectivity index (χ1n) is 9.30. The van der Waals surface area contributed by atoms with Crippen LogP contribution in [0.25, 0.3) is 10.2 Å². The Kier molecular flexibility index (Phi) is 4.78. The lowest BCUT2D eigenvalue weighted by molar-refractivity contribution is -0.150. The van der Waals surface area contributed by atoms with Crippen LogP contribution in [0.4, 0.5) is 11.5 Å². The number of benzene rings is 1. The average molecular weight is 413 g/mol. The number of aromatic nitrogens is 2. The number of hydrogen-bond donors (Lipinski definition) is 1. The van der Waals surface area contributed by atoms with Crippen LogP contribution in [0.5, 0.6) is 5.75 Å². The Balaban J connectivity index is 1.23. The van der Waals surface area contributed by atoms with Gasteiger partial charge < -0.3 is 24.3 Å². The summed E-state index contributed by atoms with van der Waals surface area (Å²) in [5.41, 5.74) is 1.82. The fraction of sp³-hybridized carbons (Fsp3) is 0.350. The highest BCUT2D eigenvalue weighted by molar-refractivity contribution is 7.17. The summed E-state index contributed by atoms with van der Waals surface area (Å²) in [6.45, 7) is 2.11. The van der Waals surface area contributed by atoms with Crippen molar-refractivity contribution in [2.45, 2.75) is 31.3 Å². The molecule has 3 aromatic rings. The number of carbonyl (C=O) groups excluding carboxylic acids is 1. The molecule has 5 rings (SSSR count). The maximum Gasteiger partial charge on any atom is 0.303 e. The molecule has 0 bridgehead atoms. The number of nitrogens with zero attached hydrogens (tertiary/aromatic N) is 2. The third-order valence-electron chi connectivity index (χ3n) is 4.93. The Labute approximate surface area is 170 Å². The Morgan fingerprint density at radius 3 is 2.66 bits per heavy atom. The number of rotatable bonds is 5. The monoisotopic (exact) mass is 413 g/mol. The molecule has 0 amide bonds. The lowest BCUT2D eigenvalue weighted by Crippen LogP contribution is -2.36. The normalized spacial score (nSPS) is 25.7. The standard InChI is InChI=1S/C20H19N3O5S/c1-11(24)27-15-8-25-18-16(9-26-17(15)18)28-13-4-2-12(3-5-13)23-20-19-14(6-7-29-19)21-10-22-20/h2-7,10,15-18H,8-9H2,1H3,(H,21,22,23)/t15-,16?,17+,18+/m0/s1. The van der Waals surface area contributed by atoms with Gasteiger partial charge >= 0.3 is 5.97 Å². The molecule has 1 N–H and O–H groups in total. The van der Waals surface area contributed by atoms with E-state index in [1.165, 1.54) is 6.92 Å². The summed E-state index contributed by atoms with van der Waals surface area (Å²) in [7, 11) is 0. The second kappa shape index (κ2) is 7.58. The van der Waals surface area contributed by atoms with Crippen molar-refractivity contribution in [3.05, 3.63) is 42.0 Å². The van der Waals surface area contributed by atoms with Crippen LogP contribution in [-0.2, 0) is 19.0 Å². The molecule has 2 aliphatic rings. The Morgan fingerprint density at radius 2 is 1.86 bits per heavy atom. The molecule has 1 aromatic carbocycles.